The molecule has 0 rings (SSSR count). The molecule has 7 heteroatoms. The number of hydrogen-bond acceptors (Lipinski definition) is 4. The van der Waals surface area contributed by atoms with E-state index in [1.54, 1.807) is 6.92 Å². The van der Waals surface area contributed by atoms with Crippen molar-refractivity contribution < 1.29 is 18.3 Å². The van der Waals surface area contributed by atoms with Crippen LogP contribution in [0.4, 0.5) is 0 Å². The van der Waals surface area contributed by atoms with Crippen molar-refractivity contribution in [3.63, 3.8) is 0 Å². The van der Waals surface area contributed by atoms with Gasteiger partial charge < -0.3 is 10.4 Å². The number of carbonyl (C=O) groups is 1. The van der Waals surface area contributed by atoms with E-state index >= 15 is 0 Å². The molecule has 102 valence electrons. The number of sulfonamides is 1. The Morgan fingerprint density at radius 1 is 1.35 bits per heavy atom. The molecule has 0 fully saturated rings. The molecule has 0 saturated carbocycles. The summed E-state index contributed by atoms with van der Waals surface area (Å²) in [5, 5.41) is 16.6. The third kappa shape index (κ3) is 10.2. The first-order chi connectivity index (χ1) is 7.72. The van der Waals surface area contributed by atoms with E-state index in [9.17, 15) is 13.2 Å². The molecule has 2 atom stereocenters. The lowest BCUT2D eigenvalue weighted by Crippen LogP contribution is -2.33. The zero-order valence-corrected chi connectivity index (χ0v) is 11.2. The van der Waals surface area contributed by atoms with Crippen molar-refractivity contribution in [2.24, 2.45) is 11.1 Å². The summed E-state index contributed by atoms with van der Waals surface area (Å²) in [5.41, 5.74) is 0. The Hall–Kier alpha value is -0.660. The predicted molar refractivity (Wildman–Crippen MR) is 66.1 cm³/mol. The van der Waals surface area contributed by atoms with Gasteiger partial charge in [0.2, 0.25) is 10.0 Å². The molecule has 0 aliphatic rings. The average molecular weight is 266 g/mol. The van der Waals surface area contributed by atoms with Crippen LogP contribution in [0.25, 0.3) is 0 Å². The maximum Gasteiger partial charge on any atom is 0.306 e. The normalized spacial score (nSPS) is 15.5. The zero-order valence-electron chi connectivity index (χ0n) is 10.3. The lowest BCUT2D eigenvalue weighted by molar-refractivity contribution is -0.141. The fraction of sp³-hybridized carbons (Fsp3) is 0.900. The quantitative estimate of drug-likeness (QED) is 0.550. The molecule has 2 unspecified atom stereocenters. The molecule has 0 amide bonds. The van der Waals surface area contributed by atoms with Crippen LogP contribution in [0.2, 0.25) is 0 Å². The fourth-order valence-electron chi connectivity index (χ4n) is 1.40. The van der Waals surface area contributed by atoms with Gasteiger partial charge in [0.15, 0.2) is 0 Å². The molecular formula is C10H22N2O4S. The molecule has 0 spiro atoms. The van der Waals surface area contributed by atoms with E-state index in [4.69, 9.17) is 10.2 Å². The molecule has 0 heterocycles. The minimum atomic E-state index is -3.41. The van der Waals surface area contributed by atoms with Gasteiger partial charge in [0.25, 0.3) is 0 Å². The van der Waals surface area contributed by atoms with E-state index in [1.807, 2.05) is 6.92 Å². The second-order valence-electron chi connectivity index (χ2n) is 4.39. The van der Waals surface area contributed by atoms with Gasteiger partial charge in [0.1, 0.15) is 0 Å². The van der Waals surface area contributed by atoms with E-state index in [2.05, 4.69) is 5.32 Å². The van der Waals surface area contributed by atoms with Crippen molar-refractivity contribution in [3.8, 4) is 0 Å². The van der Waals surface area contributed by atoms with E-state index in [0.717, 1.165) is 12.8 Å². The molecule has 6 nitrogen and oxygen atoms in total. The number of nitrogens with one attached hydrogen (secondary N) is 1. The predicted octanol–water partition coefficient (Wildman–Crippen LogP) is 0.144. The highest BCUT2D eigenvalue weighted by atomic mass is 32.2. The van der Waals surface area contributed by atoms with Crippen LogP contribution < -0.4 is 10.5 Å². The molecule has 17 heavy (non-hydrogen) atoms. The molecule has 0 aliphatic carbocycles. The third-order valence-electron chi connectivity index (χ3n) is 2.58. The monoisotopic (exact) mass is 266 g/mol. The third-order valence-corrected chi connectivity index (χ3v) is 3.35. The van der Waals surface area contributed by atoms with Gasteiger partial charge in [-0.3, -0.25) is 4.79 Å². The second-order valence-corrected chi connectivity index (χ2v) is 6.13. The maximum absolute atomic E-state index is 10.7. The van der Waals surface area contributed by atoms with Crippen molar-refractivity contribution in [1.82, 2.24) is 5.32 Å². The van der Waals surface area contributed by atoms with E-state index in [-0.39, 0.29) is 17.7 Å². The smallest absolute Gasteiger partial charge is 0.306 e. The van der Waals surface area contributed by atoms with Gasteiger partial charge in [-0.25, -0.2) is 13.6 Å². The van der Waals surface area contributed by atoms with Crippen molar-refractivity contribution >= 4 is 16.0 Å². The van der Waals surface area contributed by atoms with Gasteiger partial charge in [0.05, 0.1) is 11.7 Å². The molecule has 0 aromatic carbocycles. The van der Waals surface area contributed by atoms with Crippen LogP contribution in [-0.4, -0.2) is 37.8 Å². The van der Waals surface area contributed by atoms with Gasteiger partial charge in [-0.15, -0.1) is 0 Å². The van der Waals surface area contributed by atoms with Crippen LogP contribution in [0.5, 0.6) is 0 Å². The Morgan fingerprint density at radius 2 is 1.94 bits per heavy atom. The second kappa shape index (κ2) is 7.62. The minimum Gasteiger partial charge on any atom is -0.481 e. The van der Waals surface area contributed by atoms with Crippen molar-refractivity contribution in [1.29, 1.82) is 0 Å². The first-order valence-electron chi connectivity index (χ1n) is 5.69. The highest BCUT2D eigenvalue weighted by molar-refractivity contribution is 7.89. The SMILES string of the molecule is CC(CCCC(C)C(=O)O)NCCS(N)(=O)=O. The number of primary sulfonamides is 1. The maximum atomic E-state index is 10.7. The fourth-order valence-corrected chi connectivity index (χ4v) is 1.81. The summed E-state index contributed by atoms with van der Waals surface area (Å²) in [5.74, 6) is -1.19. The zero-order chi connectivity index (χ0) is 13.5. The summed E-state index contributed by atoms with van der Waals surface area (Å²) in [6, 6.07) is 0.165. The van der Waals surface area contributed by atoms with Crippen LogP contribution in [0.3, 0.4) is 0 Å². The van der Waals surface area contributed by atoms with Gasteiger partial charge in [-0.1, -0.05) is 13.3 Å². The summed E-state index contributed by atoms with van der Waals surface area (Å²) < 4.78 is 21.3. The van der Waals surface area contributed by atoms with Crippen molar-refractivity contribution in [3.05, 3.63) is 0 Å². The Labute approximate surface area is 103 Å². The summed E-state index contributed by atoms with van der Waals surface area (Å²) >= 11 is 0. The minimum absolute atomic E-state index is 0.0805. The Morgan fingerprint density at radius 3 is 2.41 bits per heavy atom. The number of carboxylic acids is 1. The largest absolute Gasteiger partial charge is 0.481 e. The highest BCUT2D eigenvalue weighted by Crippen LogP contribution is 2.09. The molecule has 0 bridgehead atoms. The Bertz CT molecular complexity index is 329. The summed E-state index contributed by atoms with van der Waals surface area (Å²) in [4.78, 5) is 10.6. The summed E-state index contributed by atoms with van der Waals surface area (Å²) in [6.07, 6.45) is 2.26. The molecule has 4 N–H and O–H groups in total. The average Bonchev–Trinajstić information content (AvgIpc) is 2.15. The lowest BCUT2D eigenvalue weighted by atomic mass is 10.0. The molecule has 0 radical (unpaired) electrons. The molecule has 0 saturated heterocycles. The molecule has 0 aromatic heterocycles. The topological polar surface area (TPSA) is 109 Å². The van der Waals surface area contributed by atoms with Crippen LogP contribution in [-0.2, 0) is 14.8 Å². The summed E-state index contributed by atoms with van der Waals surface area (Å²) in [6.45, 7) is 3.95. The molecule has 0 aliphatic heterocycles. The standard InChI is InChI=1S/C10H22N2O4S/c1-8(10(13)14)4-3-5-9(2)12-6-7-17(11,15)16/h8-9,12H,3-7H2,1-2H3,(H,13,14)(H2,11,15,16). The highest BCUT2D eigenvalue weighted by Gasteiger charge is 2.11. The van der Waals surface area contributed by atoms with E-state index in [0.29, 0.717) is 13.0 Å². The van der Waals surface area contributed by atoms with Gasteiger partial charge >= 0.3 is 5.97 Å². The number of carboxylic acid groups (broad SMARTS) is 1. The van der Waals surface area contributed by atoms with Gasteiger partial charge in [-0.05, 0) is 19.8 Å². The molecular weight excluding hydrogens is 244 g/mol. The number of aliphatic carboxylic acids is 1. The van der Waals surface area contributed by atoms with Gasteiger partial charge in [0, 0.05) is 12.6 Å². The Kier molecular flexibility index (Phi) is 7.33. The summed E-state index contributed by atoms with van der Waals surface area (Å²) in [7, 11) is -3.41. The van der Waals surface area contributed by atoms with Crippen LogP contribution in [0.15, 0.2) is 0 Å². The first kappa shape index (κ1) is 16.3. The lowest BCUT2D eigenvalue weighted by Gasteiger charge is -2.13. The Balaban J connectivity index is 3.60. The first-order valence-corrected chi connectivity index (χ1v) is 7.40. The van der Waals surface area contributed by atoms with E-state index < -0.39 is 16.0 Å². The van der Waals surface area contributed by atoms with Gasteiger partial charge in [-0.2, -0.15) is 0 Å². The molecule has 0 aromatic rings. The van der Waals surface area contributed by atoms with Crippen LogP contribution in [0, 0.1) is 5.92 Å². The van der Waals surface area contributed by atoms with E-state index in [1.165, 1.54) is 0 Å². The number of rotatable bonds is 9. The van der Waals surface area contributed by atoms with Crippen molar-refractivity contribution in [2.45, 2.75) is 39.2 Å². The van der Waals surface area contributed by atoms with Crippen LogP contribution >= 0.6 is 0 Å². The number of hydrogen-bond donors (Lipinski definition) is 3. The van der Waals surface area contributed by atoms with Crippen molar-refractivity contribution in [2.75, 3.05) is 12.3 Å². The van der Waals surface area contributed by atoms with Crippen LogP contribution in [0.1, 0.15) is 33.1 Å². The number of nitrogens with two attached hydrogens (primary N) is 1.